The number of rotatable bonds is 11. The van der Waals surface area contributed by atoms with Crippen LogP contribution in [0.25, 0.3) is 11.0 Å². The average Bonchev–Trinajstić information content (AvgIpc) is 3.74. The molecule has 1 saturated carbocycles. The van der Waals surface area contributed by atoms with Crippen LogP contribution in [-0.4, -0.2) is 68.6 Å². The molecule has 2 fully saturated rings. The fourth-order valence-electron chi connectivity index (χ4n) is 7.66. The quantitative estimate of drug-likeness (QED) is 0.151. The molecule has 0 bridgehead atoms. The first-order valence-corrected chi connectivity index (χ1v) is 19.8. The van der Waals surface area contributed by atoms with Crippen LogP contribution in [0.15, 0.2) is 60.7 Å². The predicted molar refractivity (Wildman–Crippen MR) is 210 cm³/mol. The summed E-state index contributed by atoms with van der Waals surface area (Å²) in [6.45, 7) is 16.1. The van der Waals surface area contributed by atoms with E-state index in [9.17, 15) is 23.2 Å². The molecule has 55 heavy (non-hydrogen) atoms. The number of hydrogen-bond acceptors (Lipinski definition) is 8. The zero-order chi connectivity index (χ0) is 39.7. The van der Waals surface area contributed by atoms with Gasteiger partial charge in [-0.25, -0.2) is 18.6 Å². The SMILES string of the molecule is C[C@H](N(CC(=O)OCc1ccccc1)Cc1ccc2c(c1)nc(NC(=O)c1ccc(C(F)F)s1)n2[C@H]1C[C@]2(CCCN(C(=O)OC(C)(C)C)C2)C1)C(C)(C)C. The maximum Gasteiger partial charge on any atom is 0.410 e. The number of fused-ring (bicyclic) bond motifs is 1. The first kappa shape index (κ1) is 40.3. The van der Waals surface area contributed by atoms with Crippen molar-refractivity contribution in [2.24, 2.45) is 10.8 Å². The number of ether oxygens (including phenoxy) is 2. The number of nitrogens with zero attached hydrogens (tertiary/aromatic N) is 4. The molecule has 13 heteroatoms. The number of nitrogens with one attached hydrogen (secondary N) is 1. The molecular weight excluding hydrogens is 725 g/mol. The van der Waals surface area contributed by atoms with Gasteiger partial charge in [0.05, 0.1) is 27.3 Å². The Kier molecular flexibility index (Phi) is 11.7. The molecule has 1 spiro atoms. The number of piperidine rings is 1. The van der Waals surface area contributed by atoms with Crippen molar-refractivity contribution in [2.75, 3.05) is 25.0 Å². The molecule has 1 saturated heterocycles. The van der Waals surface area contributed by atoms with Gasteiger partial charge in [0.25, 0.3) is 12.3 Å². The number of likely N-dealkylation sites (tertiary alicyclic amines) is 1. The lowest BCUT2D eigenvalue weighted by molar-refractivity contribution is -0.147. The molecule has 0 radical (unpaired) electrons. The highest BCUT2D eigenvalue weighted by Crippen LogP contribution is 2.55. The Bertz CT molecular complexity index is 1990. The summed E-state index contributed by atoms with van der Waals surface area (Å²) >= 11 is 0.762. The molecule has 296 valence electrons. The summed E-state index contributed by atoms with van der Waals surface area (Å²) in [4.78, 5) is 48.4. The summed E-state index contributed by atoms with van der Waals surface area (Å²) in [5, 5.41) is 2.94. The van der Waals surface area contributed by atoms with E-state index >= 15 is 0 Å². The molecule has 1 N–H and O–H groups in total. The van der Waals surface area contributed by atoms with Gasteiger partial charge in [-0.1, -0.05) is 57.2 Å². The zero-order valence-electron chi connectivity index (χ0n) is 32.9. The van der Waals surface area contributed by atoms with Gasteiger partial charge in [0.1, 0.15) is 12.2 Å². The van der Waals surface area contributed by atoms with Crippen LogP contribution in [0.5, 0.6) is 0 Å². The second kappa shape index (κ2) is 16.0. The minimum atomic E-state index is -2.66. The highest BCUT2D eigenvalue weighted by atomic mass is 32.1. The smallest absolute Gasteiger partial charge is 0.410 e. The monoisotopic (exact) mass is 777 g/mol. The Morgan fingerprint density at radius 2 is 1.75 bits per heavy atom. The van der Waals surface area contributed by atoms with Crippen LogP contribution in [0.1, 0.15) is 112 Å². The van der Waals surface area contributed by atoms with Crippen LogP contribution in [0, 0.1) is 10.8 Å². The van der Waals surface area contributed by atoms with Gasteiger partial charge >= 0.3 is 12.1 Å². The van der Waals surface area contributed by atoms with Crippen molar-refractivity contribution in [3.05, 3.63) is 81.5 Å². The standard InChI is InChI=1S/C42H53F2N5O5S/c1-27(40(2,3)4)48(24-35(50)53-25-28-12-9-8-10-13-28)23-29-14-15-32-31(20-29)45-38(46-37(51)34-17-16-33(55-34)36(43)44)49(32)30-21-42(22-30)18-11-19-47(26-42)39(52)54-41(5,6)7/h8-10,12-17,20,27,30,36H,11,18-19,21-26H2,1-7H3,(H,45,46,51)/t27-,30-,42+/m0/s1. The van der Waals surface area contributed by atoms with E-state index in [4.69, 9.17) is 14.5 Å². The minimum Gasteiger partial charge on any atom is -0.460 e. The van der Waals surface area contributed by atoms with Crippen molar-refractivity contribution in [1.82, 2.24) is 19.4 Å². The molecule has 3 heterocycles. The molecule has 10 nitrogen and oxygen atoms in total. The molecule has 2 aliphatic rings. The van der Waals surface area contributed by atoms with Crippen molar-refractivity contribution in [1.29, 1.82) is 0 Å². The van der Waals surface area contributed by atoms with Crippen LogP contribution in [0.4, 0.5) is 19.5 Å². The summed E-state index contributed by atoms with van der Waals surface area (Å²) in [7, 11) is 0. The number of esters is 1. The number of alkyl halides is 2. The second-order valence-corrected chi connectivity index (χ2v) is 18.4. The van der Waals surface area contributed by atoms with Gasteiger partial charge in [0, 0.05) is 31.7 Å². The number of imidazole rings is 1. The molecule has 1 atom stereocenters. The summed E-state index contributed by atoms with van der Waals surface area (Å²) in [6, 6.07) is 18.3. The van der Waals surface area contributed by atoms with Gasteiger partial charge < -0.3 is 18.9 Å². The minimum absolute atomic E-state index is 0.0125. The number of thiophene rings is 1. The third-order valence-electron chi connectivity index (χ3n) is 10.8. The number of amides is 2. The van der Waals surface area contributed by atoms with E-state index in [0.29, 0.717) is 31.1 Å². The van der Waals surface area contributed by atoms with Crippen molar-refractivity contribution in [3.63, 3.8) is 0 Å². The van der Waals surface area contributed by atoms with Gasteiger partial charge in [-0.05, 0) is 99.6 Å². The maximum atomic E-state index is 13.5. The maximum absolute atomic E-state index is 13.5. The van der Waals surface area contributed by atoms with Crippen LogP contribution in [0.3, 0.4) is 0 Å². The largest absolute Gasteiger partial charge is 0.460 e. The topological polar surface area (TPSA) is 106 Å². The van der Waals surface area contributed by atoms with Crippen LogP contribution in [0.2, 0.25) is 0 Å². The number of halogens is 2. The third kappa shape index (κ3) is 9.72. The van der Waals surface area contributed by atoms with Gasteiger partial charge in [-0.2, -0.15) is 0 Å². The van der Waals surface area contributed by atoms with Gasteiger partial charge in [-0.15, -0.1) is 11.3 Å². The summed E-state index contributed by atoms with van der Waals surface area (Å²) < 4.78 is 40.2. The van der Waals surface area contributed by atoms with Crippen LogP contribution < -0.4 is 5.32 Å². The Balaban J connectivity index is 1.25. The second-order valence-electron chi connectivity index (χ2n) is 17.2. The van der Waals surface area contributed by atoms with Gasteiger partial charge in [0.2, 0.25) is 5.95 Å². The first-order valence-electron chi connectivity index (χ1n) is 19.0. The van der Waals surface area contributed by atoms with E-state index in [1.807, 2.05) is 78.8 Å². The predicted octanol–water partition coefficient (Wildman–Crippen LogP) is 9.62. The molecule has 6 rings (SSSR count). The molecule has 1 aliphatic carbocycles. The normalized spacial score (nSPS) is 19.5. The van der Waals surface area contributed by atoms with Gasteiger partial charge in [0.15, 0.2) is 0 Å². The number of anilines is 1. The Morgan fingerprint density at radius 3 is 2.40 bits per heavy atom. The molecule has 0 unspecified atom stereocenters. The summed E-state index contributed by atoms with van der Waals surface area (Å²) in [5.74, 6) is -0.477. The highest BCUT2D eigenvalue weighted by Gasteiger charge is 2.49. The van der Waals surface area contributed by atoms with E-state index < -0.39 is 17.9 Å². The summed E-state index contributed by atoms with van der Waals surface area (Å²) in [6.07, 6.45) is 0.433. The lowest BCUT2D eigenvalue weighted by atomic mass is 9.61. The van der Waals surface area contributed by atoms with Gasteiger partial charge in [-0.3, -0.25) is 19.8 Å². The van der Waals surface area contributed by atoms with E-state index in [1.54, 1.807) is 0 Å². The van der Waals surface area contributed by atoms with E-state index in [-0.39, 0.29) is 57.9 Å². The highest BCUT2D eigenvalue weighted by molar-refractivity contribution is 7.14. The zero-order valence-corrected chi connectivity index (χ0v) is 33.7. The van der Waals surface area contributed by atoms with Crippen LogP contribution >= 0.6 is 11.3 Å². The van der Waals surface area contributed by atoms with E-state index in [1.165, 1.54) is 12.1 Å². The van der Waals surface area contributed by atoms with E-state index in [0.717, 1.165) is 53.7 Å². The fraction of sp³-hybridized carbons (Fsp3) is 0.524. The molecule has 2 aromatic heterocycles. The van der Waals surface area contributed by atoms with Crippen molar-refractivity contribution in [2.45, 2.75) is 111 Å². The van der Waals surface area contributed by atoms with E-state index in [2.05, 4.69) is 37.9 Å². The van der Waals surface area contributed by atoms with Crippen molar-refractivity contribution >= 4 is 46.3 Å². The molecular formula is C42H53F2N5O5S. The molecule has 1 aliphatic heterocycles. The molecule has 4 aromatic rings. The Hall–Kier alpha value is -4.36. The number of carbonyl (C=O) groups excluding carboxylic acids is 3. The Labute approximate surface area is 326 Å². The van der Waals surface area contributed by atoms with Crippen LogP contribution in [-0.2, 0) is 27.4 Å². The number of hydrogen-bond donors (Lipinski definition) is 1. The molecule has 2 amide bonds. The van der Waals surface area contributed by atoms with Crippen molar-refractivity contribution < 1.29 is 32.6 Å². The Morgan fingerprint density at radius 1 is 1.02 bits per heavy atom. The third-order valence-corrected chi connectivity index (χ3v) is 11.9. The van der Waals surface area contributed by atoms with Crippen molar-refractivity contribution in [3.8, 4) is 0 Å². The average molecular weight is 778 g/mol. The first-order chi connectivity index (χ1) is 25.9. The fourth-order valence-corrected chi connectivity index (χ4v) is 8.42. The number of carbonyl (C=O) groups is 3. The number of aromatic nitrogens is 2. The lowest BCUT2D eigenvalue weighted by Gasteiger charge is -2.53. The number of benzene rings is 2. The summed E-state index contributed by atoms with van der Waals surface area (Å²) in [5.41, 5.74) is 2.55. The molecule has 2 aromatic carbocycles. The lowest BCUT2D eigenvalue weighted by Crippen LogP contribution is -2.53.